The third-order valence-electron chi connectivity index (χ3n) is 2.34. The van der Waals surface area contributed by atoms with Crippen molar-refractivity contribution in [2.24, 2.45) is 5.73 Å². The van der Waals surface area contributed by atoms with Gasteiger partial charge in [-0.3, -0.25) is 0 Å². The zero-order valence-electron chi connectivity index (χ0n) is 9.06. The first kappa shape index (κ1) is 11.2. The van der Waals surface area contributed by atoms with Crippen LogP contribution in [0, 0.1) is 0 Å². The van der Waals surface area contributed by atoms with E-state index in [0.29, 0.717) is 13.2 Å². The van der Waals surface area contributed by atoms with Crippen LogP contribution in [0.4, 0.5) is 0 Å². The van der Waals surface area contributed by atoms with Gasteiger partial charge in [0.25, 0.3) is 0 Å². The van der Waals surface area contributed by atoms with Crippen LogP contribution in [0.2, 0.25) is 0 Å². The molecule has 0 aliphatic rings. The van der Waals surface area contributed by atoms with Crippen LogP contribution in [-0.4, -0.2) is 6.54 Å². The van der Waals surface area contributed by atoms with Crippen molar-refractivity contribution < 1.29 is 4.74 Å². The fourth-order valence-corrected chi connectivity index (χ4v) is 2.17. The average Bonchev–Trinajstić information content (AvgIpc) is 2.81. The van der Waals surface area contributed by atoms with Gasteiger partial charge < -0.3 is 10.5 Å². The molecule has 16 heavy (non-hydrogen) atoms. The molecule has 3 heteroatoms. The van der Waals surface area contributed by atoms with Crippen molar-refractivity contribution in [1.82, 2.24) is 0 Å². The zero-order valence-corrected chi connectivity index (χ0v) is 9.87. The predicted molar refractivity (Wildman–Crippen MR) is 67.9 cm³/mol. The summed E-state index contributed by atoms with van der Waals surface area (Å²) >= 11 is 1.71. The highest BCUT2D eigenvalue weighted by atomic mass is 32.1. The summed E-state index contributed by atoms with van der Waals surface area (Å²) in [6, 6.07) is 12.2. The third kappa shape index (κ3) is 2.84. The van der Waals surface area contributed by atoms with Gasteiger partial charge in [0.2, 0.25) is 0 Å². The number of thiophene rings is 1. The number of hydrogen-bond donors (Lipinski definition) is 1. The van der Waals surface area contributed by atoms with Crippen molar-refractivity contribution in [1.29, 1.82) is 0 Å². The van der Waals surface area contributed by atoms with Gasteiger partial charge in [-0.25, -0.2) is 0 Å². The van der Waals surface area contributed by atoms with Gasteiger partial charge in [-0.1, -0.05) is 24.3 Å². The summed E-state index contributed by atoms with van der Waals surface area (Å²) in [6.45, 7) is 1.29. The van der Waals surface area contributed by atoms with Crippen molar-refractivity contribution in [3.63, 3.8) is 0 Å². The number of nitrogens with two attached hydrogens (primary N) is 1. The number of rotatable bonds is 5. The summed E-state index contributed by atoms with van der Waals surface area (Å²) in [5.74, 6) is 0.946. The fourth-order valence-electron chi connectivity index (χ4n) is 1.55. The Hall–Kier alpha value is -1.32. The molecule has 0 fully saturated rings. The van der Waals surface area contributed by atoms with E-state index in [4.69, 9.17) is 10.5 Å². The van der Waals surface area contributed by atoms with Crippen LogP contribution < -0.4 is 10.5 Å². The maximum Gasteiger partial charge on any atom is 0.123 e. The molecular weight excluding hydrogens is 218 g/mol. The highest BCUT2D eigenvalue weighted by Crippen LogP contribution is 2.20. The van der Waals surface area contributed by atoms with E-state index < -0.39 is 0 Å². The number of hydrogen-bond acceptors (Lipinski definition) is 3. The molecule has 0 amide bonds. The van der Waals surface area contributed by atoms with Gasteiger partial charge in [-0.05, 0) is 36.0 Å². The maximum absolute atomic E-state index is 5.79. The Bertz CT molecular complexity index is 425. The molecule has 84 valence electrons. The lowest BCUT2D eigenvalue weighted by atomic mass is 10.1. The number of ether oxygens (including phenoxy) is 1. The molecule has 2 nitrogen and oxygen atoms in total. The molecule has 2 aromatic rings. The Balaban J connectivity index is 2.03. The van der Waals surface area contributed by atoms with E-state index in [0.717, 1.165) is 12.2 Å². The number of para-hydroxylation sites is 1. The summed E-state index contributed by atoms with van der Waals surface area (Å²) in [6.07, 6.45) is 0.862. The van der Waals surface area contributed by atoms with Gasteiger partial charge in [0.05, 0.1) is 0 Å². The highest BCUT2D eigenvalue weighted by Gasteiger charge is 2.02. The standard InChI is InChI=1S/C13H15NOS/c14-8-7-11-4-1-2-6-13(11)15-10-12-5-3-9-16-12/h1-6,9H,7-8,10,14H2. The molecule has 2 rings (SSSR count). The van der Waals surface area contributed by atoms with E-state index in [2.05, 4.69) is 17.5 Å². The molecule has 0 atom stereocenters. The SMILES string of the molecule is NCCc1ccccc1OCc1cccs1. The molecular formula is C13H15NOS. The average molecular weight is 233 g/mol. The quantitative estimate of drug-likeness (QED) is 0.862. The highest BCUT2D eigenvalue weighted by molar-refractivity contribution is 7.09. The molecule has 0 spiro atoms. The fraction of sp³-hybridized carbons (Fsp3) is 0.231. The topological polar surface area (TPSA) is 35.2 Å². The molecule has 0 saturated carbocycles. The number of benzene rings is 1. The van der Waals surface area contributed by atoms with Crippen molar-refractivity contribution in [2.45, 2.75) is 13.0 Å². The normalized spacial score (nSPS) is 10.3. The predicted octanol–water partition coefficient (Wildman–Crippen LogP) is 2.83. The Labute approximate surface area is 99.7 Å². The first-order chi connectivity index (χ1) is 7.90. The Kier molecular flexibility index (Phi) is 3.97. The van der Waals surface area contributed by atoms with E-state index in [9.17, 15) is 0 Å². The van der Waals surface area contributed by atoms with E-state index in [-0.39, 0.29) is 0 Å². The van der Waals surface area contributed by atoms with E-state index in [1.807, 2.05) is 24.3 Å². The van der Waals surface area contributed by atoms with Crippen molar-refractivity contribution >= 4 is 11.3 Å². The largest absolute Gasteiger partial charge is 0.488 e. The second kappa shape index (κ2) is 5.68. The molecule has 1 aromatic heterocycles. The lowest BCUT2D eigenvalue weighted by molar-refractivity contribution is 0.306. The van der Waals surface area contributed by atoms with E-state index >= 15 is 0 Å². The summed E-state index contributed by atoms with van der Waals surface area (Å²) in [4.78, 5) is 1.24. The van der Waals surface area contributed by atoms with Gasteiger partial charge >= 0.3 is 0 Å². The molecule has 2 N–H and O–H groups in total. The first-order valence-corrected chi connectivity index (χ1v) is 6.21. The lowest BCUT2D eigenvalue weighted by Gasteiger charge is -2.09. The van der Waals surface area contributed by atoms with Crippen LogP contribution in [0.1, 0.15) is 10.4 Å². The third-order valence-corrected chi connectivity index (χ3v) is 3.19. The summed E-state index contributed by atoms with van der Waals surface area (Å²) in [5, 5.41) is 2.06. The van der Waals surface area contributed by atoms with Gasteiger partial charge in [0, 0.05) is 4.88 Å². The minimum Gasteiger partial charge on any atom is -0.488 e. The van der Waals surface area contributed by atoms with Crippen LogP contribution in [0.25, 0.3) is 0 Å². The van der Waals surface area contributed by atoms with Gasteiger partial charge in [-0.2, -0.15) is 0 Å². The maximum atomic E-state index is 5.79. The van der Waals surface area contributed by atoms with Crippen LogP contribution >= 0.6 is 11.3 Å². The van der Waals surface area contributed by atoms with Gasteiger partial charge in [0.1, 0.15) is 12.4 Å². The van der Waals surface area contributed by atoms with Crippen LogP contribution in [0.5, 0.6) is 5.75 Å². The molecule has 1 heterocycles. The minimum absolute atomic E-state index is 0.638. The van der Waals surface area contributed by atoms with Crippen molar-refractivity contribution in [2.75, 3.05) is 6.54 Å². The summed E-state index contributed by atoms with van der Waals surface area (Å²) in [7, 11) is 0. The first-order valence-electron chi connectivity index (χ1n) is 5.33. The van der Waals surface area contributed by atoms with Gasteiger partial charge in [-0.15, -0.1) is 11.3 Å². The summed E-state index contributed by atoms with van der Waals surface area (Å²) in [5.41, 5.74) is 6.75. The van der Waals surface area contributed by atoms with Crippen LogP contribution in [-0.2, 0) is 13.0 Å². The second-order valence-electron chi connectivity index (χ2n) is 3.51. The Morgan fingerprint density at radius 1 is 1.12 bits per heavy atom. The van der Waals surface area contributed by atoms with Gasteiger partial charge in [0.15, 0.2) is 0 Å². The molecule has 0 radical (unpaired) electrons. The molecule has 0 bridgehead atoms. The van der Waals surface area contributed by atoms with Crippen LogP contribution in [0.15, 0.2) is 41.8 Å². The minimum atomic E-state index is 0.638. The summed E-state index contributed by atoms with van der Waals surface area (Å²) < 4.78 is 5.79. The smallest absolute Gasteiger partial charge is 0.123 e. The van der Waals surface area contributed by atoms with Crippen LogP contribution in [0.3, 0.4) is 0 Å². The molecule has 0 saturated heterocycles. The van der Waals surface area contributed by atoms with E-state index in [1.54, 1.807) is 11.3 Å². The van der Waals surface area contributed by atoms with E-state index in [1.165, 1.54) is 10.4 Å². The molecule has 0 aliphatic heterocycles. The second-order valence-corrected chi connectivity index (χ2v) is 4.55. The Morgan fingerprint density at radius 2 is 2.00 bits per heavy atom. The molecule has 0 unspecified atom stereocenters. The lowest BCUT2D eigenvalue weighted by Crippen LogP contribution is -2.05. The zero-order chi connectivity index (χ0) is 11.2. The Morgan fingerprint density at radius 3 is 2.75 bits per heavy atom. The monoisotopic (exact) mass is 233 g/mol. The van der Waals surface area contributed by atoms with Crippen molar-refractivity contribution in [3.8, 4) is 5.75 Å². The molecule has 1 aromatic carbocycles. The van der Waals surface area contributed by atoms with Crippen molar-refractivity contribution in [3.05, 3.63) is 52.2 Å². The molecule has 0 aliphatic carbocycles.